The average Bonchev–Trinajstić information content (AvgIpc) is 2.52. The van der Waals surface area contributed by atoms with Crippen molar-refractivity contribution in [2.75, 3.05) is 21.0 Å². The van der Waals surface area contributed by atoms with Crippen molar-refractivity contribution in [2.45, 2.75) is 70.8 Å². The summed E-state index contributed by atoms with van der Waals surface area (Å²) in [4.78, 5) is 2.67. The zero-order valence-electron chi connectivity index (χ0n) is 13.8. The van der Waals surface area contributed by atoms with Gasteiger partial charge in [0.05, 0.1) is 0 Å². The van der Waals surface area contributed by atoms with Crippen molar-refractivity contribution in [1.82, 2.24) is 0 Å². The Kier molecular flexibility index (Phi) is 13.9. The van der Waals surface area contributed by atoms with Crippen molar-refractivity contribution >= 4 is 8.80 Å². The van der Waals surface area contributed by atoms with Crippen molar-refractivity contribution in [3.8, 4) is 0 Å². The summed E-state index contributed by atoms with van der Waals surface area (Å²) in [6.45, 7) is 2.22. The molecule has 0 bridgehead atoms. The molecule has 124 valence electrons. The smallest absolute Gasteiger partial charge is 0.377 e. The average molecular weight is 318 g/mol. The molecule has 7 heteroatoms. The quantitative estimate of drug-likeness (QED) is 0.140. The number of rotatable bonds is 15. The van der Waals surface area contributed by atoms with Gasteiger partial charge in [0.15, 0.2) is 0 Å². The van der Waals surface area contributed by atoms with Gasteiger partial charge >= 0.3 is 8.80 Å². The van der Waals surface area contributed by atoms with Gasteiger partial charge in [-0.3, -0.25) is 0 Å². The van der Waals surface area contributed by atoms with Crippen LogP contribution in [0.15, 0.2) is 5.11 Å². The molecule has 0 amide bonds. The zero-order valence-corrected chi connectivity index (χ0v) is 14.8. The van der Waals surface area contributed by atoms with Gasteiger partial charge < -0.3 is 13.3 Å². The fraction of sp³-hybridized carbons (Fsp3) is 1.00. The van der Waals surface area contributed by atoms with Crippen LogP contribution in [-0.2, 0) is 13.3 Å². The van der Waals surface area contributed by atoms with E-state index in [1.165, 1.54) is 51.4 Å². The molecule has 0 aliphatic carbocycles. The maximum atomic E-state index is 8.27. The van der Waals surface area contributed by atoms with Crippen molar-refractivity contribution in [2.24, 2.45) is 5.11 Å². The molecular formula is C14H31N3O3Si. The van der Waals surface area contributed by atoms with E-state index in [-0.39, 0.29) is 6.73 Å². The van der Waals surface area contributed by atoms with E-state index in [9.17, 15) is 0 Å². The van der Waals surface area contributed by atoms with Crippen LogP contribution in [0, 0.1) is 0 Å². The molecule has 0 spiro atoms. The van der Waals surface area contributed by atoms with Gasteiger partial charge in [-0.05, 0) is 12.0 Å². The third-order valence-electron chi connectivity index (χ3n) is 3.61. The minimum absolute atomic E-state index is 0.0260. The lowest BCUT2D eigenvalue weighted by Gasteiger charge is -2.25. The van der Waals surface area contributed by atoms with E-state index in [4.69, 9.17) is 18.8 Å². The van der Waals surface area contributed by atoms with Gasteiger partial charge in [0.25, 0.3) is 0 Å². The van der Waals surface area contributed by atoms with Gasteiger partial charge in [-0.1, -0.05) is 63.4 Å². The van der Waals surface area contributed by atoms with E-state index in [0.717, 1.165) is 12.5 Å². The first kappa shape index (κ1) is 20.4. The minimum atomic E-state index is -2.63. The number of hydrogen-bond acceptors (Lipinski definition) is 4. The highest BCUT2D eigenvalue weighted by molar-refractivity contribution is 6.60. The number of hydrogen-bond donors (Lipinski definition) is 0. The first-order chi connectivity index (χ1) is 10.2. The van der Waals surface area contributed by atoms with Gasteiger partial charge in [0, 0.05) is 25.2 Å². The first-order valence-electron chi connectivity index (χ1n) is 7.99. The summed E-state index contributed by atoms with van der Waals surface area (Å²) in [5.41, 5.74) is 8.27. The Hall–Kier alpha value is -0.593. The summed E-state index contributed by atoms with van der Waals surface area (Å²) in [5, 5.41) is 3.38. The summed E-state index contributed by atoms with van der Waals surface area (Å²) < 4.78 is 16.3. The standard InChI is InChI=1S/C14H31N3O3Si/c1-4-5-6-7-8-9-10-11-12-13-21(18-2,19-3)20-14-16-17-15/h4-14H2,1-3H3. The largest absolute Gasteiger partial charge is 0.500 e. The molecule has 6 nitrogen and oxygen atoms in total. The van der Waals surface area contributed by atoms with E-state index < -0.39 is 8.80 Å². The highest BCUT2D eigenvalue weighted by atomic mass is 28.4. The summed E-state index contributed by atoms with van der Waals surface area (Å²) in [6, 6.07) is 0.775. The molecule has 21 heavy (non-hydrogen) atoms. The second-order valence-corrected chi connectivity index (χ2v) is 8.15. The molecule has 0 aliphatic rings. The van der Waals surface area contributed by atoms with Crippen LogP contribution in [-0.4, -0.2) is 29.8 Å². The lowest BCUT2D eigenvalue weighted by Crippen LogP contribution is -2.43. The van der Waals surface area contributed by atoms with Gasteiger partial charge in [-0.25, -0.2) is 0 Å². The predicted octanol–water partition coefficient (Wildman–Crippen LogP) is 5.03. The van der Waals surface area contributed by atoms with Crippen molar-refractivity contribution in [1.29, 1.82) is 0 Å². The molecule has 0 saturated heterocycles. The van der Waals surface area contributed by atoms with E-state index in [0.29, 0.717) is 0 Å². The van der Waals surface area contributed by atoms with E-state index >= 15 is 0 Å². The molecule has 0 heterocycles. The van der Waals surface area contributed by atoms with Crippen LogP contribution in [0.3, 0.4) is 0 Å². The second-order valence-electron chi connectivity index (χ2n) is 5.17. The Morgan fingerprint density at radius 1 is 0.905 bits per heavy atom. The van der Waals surface area contributed by atoms with E-state index in [2.05, 4.69) is 16.9 Å². The number of unbranched alkanes of at least 4 members (excludes halogenated alkanes) is 8. The molecule has 0 aliphatic heterocycles. The molecule has 0 unspecified atom stereocenters. The third kappa shape index (κ3) is 10.7. The molecule has 0 saturated carbocycles. The monoisotopic (exact) mass is 317 g/mol. The SMILES string of the molecule is CCCCCCCCCCC[Si](OC)(OC)OCN=[N+]=[N-]. The Morgan fingerprint density at radius 3 is 1.90 bits per heavy atom. The molecule has 0 aromatic rings. The molecule has 0 fully saturated rings. The zero-order chi connectivity index (χ0) is 15.8. The highest BCUT2D eigenvalue weighted by Gasteiger charge is 2.37. The third-order valence-corrected chi connectivity index (χ3v) is 6.39. The summed E-state index contributed by atoms with van der Waals surface area (Å²) in [7, 11) is 0.562. The fourth-order valence-electron chi connectivity index (χ4n) is 2.28. The topological polar surface area (TPSA) is 76.5 Å². The summed E-state index contributed by atoms with van der Waals surface area (Å²) in [6.07, 6.45) is 11.5. The number of nitrogens with zero attached hydrogens (tertiary/aromatic N) is 3. The predicted molar refractivity (Wildman–Crippen MR) is 86.9 cm³/mol. The number of azide groups is 1. The van der Waals surface area contributed by atoms with Crippen LogP contribution in [0.4, 0.5) is 0 Å². The maximum absolute atomic E-state index is 8.27. The maximum Gasteiger partial charge on any atom is 0.500 e. The van der Waals surface area contributed by atoms with Crippen LogP contribution < -0.4 is 0 Å². The molecule has 0 aromatic heterocycles. The van der Waals surface area contributed by atoms with Gasteiger partial charge in [-0.2, -0.15) is 0 Å². The summed E-state index contributed by atoms with van der Waals surface area (Å²) >= 11 is 0. The second kappa shape index (κ2) is 14.3. The summed E-state index contributed by atoms with van der Waals surface area (Å²) in [5.74, 6) is 0. The van der Waals surface area contributed by atoms with Crippen LogP contribution in [0.2, 0.25) is 6.04 Å². The Morgan fingerprint density at radius 2 is 1.43 bits per heavy atom. The lowest BCUT2D eigenvalue weighted by molar-refractivity contribution is 0.100. The van der Waals surface area contributed by atoms with Crippen LogP contribution in [0.1, 0.15) is 64.7 Å². The Bertz CT molecular complexity index is 283. The molecule has 0 aromatic carbocycles. The molecular weight excluding hydrogens is 286 g/mol. The highest BCUT2D eigenvalue weighted by Crippen LogP contribution is 2.19. The fourth-order valence-corrected chi connectivity index (χ4v) is 4.18. The molecule has 0 N–H and O–H groups in total. The van der Waals surface area contributed by atoms with Crippen LogP contribution in [0.5, 0.6) is 0 Å². The normalized spacial score (nSPS) is 11.4. The lowest BCUT2D eigenvalue weighted by atomic mass is 10.1. The van der Waals surface area contributed by atoms with Crippen molar-refractivity contribution in [3.05, 3.63) is 10.4 Å². The van der Waals surface area contributed by atoms with Crippen LogP contribution in [0.25, 0.3) is 10.4 Å². The van der Waals surface area contributed by atoms with E-state index in [1.807, 2.05) is 0 Å². The van der Waals surface area contributed by atoms with Gasteiger partial charge in [-0.15, -0.1) is 0 Å². The van der Waals surface area contributed by atoms with E-state index in [1.54, 1.807) is 14.2 Å². The van der Waals surface area contributed by atoms with Gasteiger partial charge in [0.1, 0.15) is 6.73 Å². The molecule has 0 rings (SSSR count). The first-order valence-corrected chi connectivity index (χ1v) is 9.93. The van der Waals surface area contributed by atoms with Gasteiger partial charge in [0.2, 0.25) is 0 Å². The van der Waals surface area contributed by atoms with Crippen molar-refractivity contribution in [3.63, 3.8) is 0 Å². The molecule has 0 radical (unpaired) electrons. The Labute approximate surface area is 130 Å². The van der Waals surface area contributed by atoms with Crippen molar-refractivity contribution < 1.29 is 13.3 Å². The van der Waals surface area contributed by atoms with Crippen LogP contribution >= 0.6 is 0 Å². The Balaban J connectivity index is 3.71. The minimum Gasteiger partial charge on any atom is -0.377 e. The molecule has 0 atom stereocenters.